The summed E-state index contributed by atoms with van der Waals surface area (Å²) in [6.07, 6.45) is 0. The van der Waals surface area contributed by atoms with E-state index < -0.39 is 0 Å². The molecule has 0 N–H and O–H groups in total. The summed E-state index contributed by atoms with van der Waals surface area (Å²) >= 11 is 0. The van der Waals surface area contributed by atoms with Crippen molar-refractivity contribution in [1.29, 1.82) is 0 Å². The lowest BCUT2D eigenvalue weighted by Gasteiger charge is -2.11. The Morgan fingerprint density at radius 2 is 0.620 bits per heavy atom. The van der Waals surface area contributed by atoms with E-state index in [1.54, 1.807) is 0 Å². The average Bonchev–Trinajstić information content (AvgIpc) is 3.70. The van der Waals surface area contributed by atoms with Gasteiger partial charge < -0.3 is 9.13 Å². The number of benzene rings is 8. The number of fused-ring (bicyclic) bond motifs is 6. The number of hydrogen-bond acceptors (Lipinski definition) is 0. The maximum atomic E-state index is 2.41. The van der Waals surface area contributed by atoms with Gasteiger partial charge in [-0.25, -0.2) is 0 Å². The monoisotopic (exact) mass is 636 g/mol. The topological polar surface area (TPSA) is 9.86 Å². The molecule has 2 aromatic heterocycles. The summed E-state index contributed by atoms with van der Waals surface area (Å²) in [4.78, 5) is 0. The smallest absolute Gasteiger partial charge is 0.0547 e. The van der Waals surface area contributed by atoms with Gasteiger partial charge in [0.05, 0.1) is 22.1 Å². The Morgan fingerprint density at radius 3 is 1.26 bits per heavy atom. The second-order valence-corrected chi connectivity index (χ2v) is 13.0. The van der Waals surface area contributed by atoms with Crippen LogP contribution in [0.1, 0.15) is 0 Å². The molecular weight excluding hydrogens is 605 g/mol. The van der Waals surface area contributed by atoms with Gasteiger partial charge in [0, 0.05) is 32.9 Å². The number of rotatable bonds is 5. The van der Waals surface area contributed by atoms with Gasteiger partial charge in [-0.15, -0.1) is 0 Å². The zero-order valence-corrected chi connectivity index (χ0v) is 27.4. The molecule has 50 heavy (non-hydrogen) atoms. The lowest BCUT2D eigenvalue weighted by Crippen LogP contribution is -1.94. The predicted octanol–water partition coefficient (Wildman–Crippen LogP) is 12.9. The van der Waals surface area contributed by atoms with Crippen LogP contribution in [0.2, 0.25) is 0 Å². The molecule has 2 heterocycles. The van der Waals surface area contributed by atoms with Crippen LogP contribution >= 0.6 is 0 Å². The van der Waals surface area contributed by atoms with E-state index in [1.807, 2.05) is 0 Å². The lowest BCUT2D eigenvalue weighted by atomic mass is 10.00. The molecule has 0 unspecified atom stereocenters. The summed E-state index contributed by atoms with van der Waals surface area (Å²) in [5.41, 5.74) is 14.4. The molecule has 0 aliphatic heterocycles. The number of nitrogens with zero attached hydrogens (tertiary/aromatic N) is 2. The van der Waals surface area contributed by atoms with Crippen molar-refractivity contribution in [2.45, 2.75) is 0 Å². The Balaban J connectivity index is 1.16. The van der Waals surface area contributed by atoms with E-state index in [0.717, 1.165) is 11.4 Å². The summed E-state index contributed by atoms with van der Waals surface area (Å²) in [6.45, 7) is 0. The lowest BCUT2D eigenvalue weighted by molar-refractivity contribution is 1.18. The third-order valence-corrected chi connectivity index (χ3v) is 10.1. The first kappa shape index (κ1) is 28.4. The molecule has 0 aliphatic carbocycles. The maximum absolute atomic E-state index is 2.41. The Kier molecular flexibility index (Phi) is 6.53. The molecule has 0 amide bonds. The summed E-state index contributed by atoms with van der Waals surface area (Å²) < 4.78 is 4.82. The van der Waals surface area contributed by atoms with Crippen molar-refractivity contribution in [3.05, 3.63) is 194 Å². The highest BCUT2D eigenvalue weighted by molar-refractivity contribution is 6.13. The highest BCUT2D eigenvalue weighted by Crippen LogP contribution is 2.39. The largest absolute Gasteiger partial charge is 0.309 e. The molecule has 10 aromatic rings. The minimum Gasteiger partial charge on any atom is -0.309 e. The van der Waals surface area contributed by atoms with E-state index >= 15 is 0 Å². The van der Waals surface area contributed by atoms with Gasteiger partial charge in [-0.1, -0.05) is 140 Å². The Morgan fingerprint density at radius 1 is 0.220 bits per heavy atom. The van der Waals surface area contributed by atoms with Crippen LogP contribution in [0.25, 0.3) is 88.4 Å². The third-order valence-electron chi connectivity index (χ3n) is 10.1. The minimum atomic E-state index is 1.15. The van der Waals surface area contributed by atoms with Crippen molar-refractivity contribution >= 4 is 43.6 Å². The van der Waals surface area contributed by atoms with E-state index in [4.69, 9.17) is 0 Å². The van der Waals surface area contributed by atoms with Gasteiger partial charge in [0.1, 0.15) is 0 Å². The highest BCUT2D eigenvalue weighted by Gasteiger charge is 2.17. The van der Waals surface area contributed by atoms with E-state index in [9.17, 15) is 0 Å². The van der Waals surface area contributed by atoms with Crippen LogP contribution in [0, 0.1) is 0 Å². The van der Waals surface area contributed by atoms with E-state index in [0.29, 0.717) is 0 Å². The highest BCUT2D eigenvalue weighted by atomic mass is 15.0. The van der Waals surface area contributed by atoms with E-state index in [-0.39, 0.29) is 0 Å². The zero-order chi connectivity index (χ0) is 33.0. The molecule has 0 spiro atoms. The van der Waals surface area contributed by atoms with Gasteiger partial charge in [0.25, 0.3) is 0 Å². The number of para-hydroxylation sites is 2. The molecule has 2 heteroatoms. The maximum Gasteiger partial charge on any atom is 0.0547 e. The van der Waals surface area contributed by atoms with Crippen LogP contribution < -0.4 is 0 Å². The molecule has 0 saturated heterocycles. The molecule has 0 radical (unpaired) electrons. The second-order valence-electron chi connectivity index (χ2n) is 13.0. The van der Waals surface area contributed by atoms with Crippen molar-refractivity contribution < 1.29 is 0 Å². The zero-order valence-electron chi connectivity index (χ0n) is 27.4. The van der Waals surface area contributed by atoms with Crippen molar-refractivity contribution in [1.82, 2.24) is 9.13 Å². The first-order chi connectivity index (χ1) is 24.8. The van der Waals surface area contributed by atoms with Crippen LogP contribution in [0.3, 0.4) is 0 Å². The van der Waals surface area contributed by atoms with Crippen LogP contribution in [-0.2, 0) is 0 Å². The molecule has 0 saturated carbocycles. The SMILES string of the molecule is c1ccc(-c2ccc(-n3c4ccccc4c4ccc(-c5ccc6c7cc(-c8ccccc8)ccc7n(-c7ccccc7)c6c5)cc43)cc2)cc1. The van der Waals surface area contributed by atoms with Gasteiger partial charge in [-0.3, -0.25) is 0 Å². The minimum absolute atomic E-state index is 1.15. The summed E-state index contributed by atoms with van der Waals surface area (Å²) in [6, 6.07) is 70.4. The number of hydrogen-bond donors (Lipinski definition) is 0. The normalized spacial score (nSPS) is 11.6. The van der Waals surface area contributed by atoms with Gasteiger partial charge in [-0.2, -0.15) is 0 Å². The van der Waals surface area contributed by atoms with Crippen molar-refractivity contribution in [2.24, 2.45) is 0 Å². The van der Waals surface area contributed by atoms with Crippen molar-refractivity contribution in [2.75, 3.05) is 0 Å². The van der Waals surface area contributed by atoms with Crippen LogP contribution in [-0.4, -0.2) is 9.13 Å². The Bertz CT molecular complexity index is 2820. The Hall–Kier alpha value is -6.64. The molecular formula is C48H32N2. The molecule has 0 fully saturated rings. The standard InChI is InChI=1S/C48H32N2/c1-4-12-33(13-5-1)35-20-25-40(26-21-35)50-45-19-11-10-18-41(45)42-27-22-37(31-47(42)50)38-23-28-43-44-30-36(34-14-6-2-7-15-34)24-29-46(44)49(48(43)32-38)39-16-8-3-9-17-39/h1-32H. The second kappa shape index (κ2) is 11.5. The molecule has 0 aliphatic rings. The van der Waals surface area contributed by atoms with Crippen molar-refractivity contribution in [3.63, 3.8) is 0 Å². The third kappa shape index (κ3) is 4.57. The van der Waals surface area contributed by atoms with Crippen LogP contribution in [0.15, 0.2) is 194 Å². The van der Waals surface area contributed by atoms with Crippen molar-refractivity contribution in [3.8, 4) is 44.8 Å². The van der Waals surface area contributed by atoms with Gasteiger partial charge in [-0.05, 0) is 88.0 Å². The van der Waals surface area contributed by atoms with Crippen LogP contribution in [0.4, 0.5) is 0 Å². The molecule has 234 valence electrons. The Labute approximate surface area is 290 Å². The van der Waals surface area contributed by atoms with E-state index in [1.165, 1.54) is 77.0 Å². The fourth-order valence-corrected chi connectivity index (χ4v) is 7.73. The molecule has 0 atom stereocenters. The molecule has 2 nitrogen and oxygen atoms in total. The average molecular weight is 637 g/mol. The van der Waals surface area contributed by atoms with Crippen LogP contribution in [0.5, 0.6) is 0 Å². The number of aromatic nitrogens is 2. The first-order valence-electron chi connectivity index (χ1n) is 17.2. The summed E-state index contributed by atoms with van der Waals surface area (Å²) in [7, 11) is 0. The first-order valence-corrected chi connectivity index (χ1v) is 17.2. The van der Waals surface area contributed by atoms with Gasteiger partial charge in [0.2, 0.25) is 0 Å². The molecule has 0 bridgehead atoms. The fraction of sp³-hybridized carbons (Fsp3) is 0. The van der Waals surface area contributed by atoms with Gasteiger partial charge in [0.15, 0.2) is 0 Å². The quantitative estimate of drug-likeness (QED) is 0.178. The molecule has 8 aromatic carbocycles. The fourth-order valence-electron chi connectivity index (χ4n) is 7.73. The summed E-state index contributed by atoms with van der Waals surface area (Å²) in [5, 5.41) is 5.02. The molecule has 10 rings (SSSR count). The van der Waals surface area contributed by atoms with Gasteiger partial charge >= 0.3 is 0 Å². The predicted molar refractivity (Wildman–Crippen MR) is 211 cm³/mol. The summed E-state index contributed by atoms with van der Waals surface area (Å²) in [5.74, 6) is 0. The van der Waals surface area contributed by atoms with E-state index in [2.05, 4.69) is 203 Å².